The van der Waals surface area contributed by atoms with Crippen molar-refractivity contribution < 1.29 is 66.6 Å². The molecule has 0 spiro atoms. The molecule has 0 aliphatic rings. The molecule has 21 nitrogen and oxygen atoms in total. The van der Waals surface area contributed by atoms with E-state index in [1.807, 2.05) is 0 Å². The standard InChI is InChI=1S/C26H20N4O17S4/c1-13(31)22-16(24(32)29(27-22)18-11-14(49(38,39)40)7-9-20(18)47-48(36)37)5-3-2-4-6-17-23(26(34)35)28-30(25(17)33)19-12-15(50(41,42)43)8-10-21(19)51(44,45)46/h2,4-12,27-28H,1H3,(H,34,35)(H,36,37)(H,38,39,40)(H,41,42,43)(H,44,45,46). The summed E-state index contributed by atoms with van der Waals surface area (Å²) >= 11 is -2.97. The molecule has 1 atom stereocenters. The Morgan fingerprint density at radius 2 is 1.35 bits per heavy atom. The van der Waals surface area contributed by atoms with E-state index in [9.17, 15) is 67.4 Å². The number of nitrogens with zero attached hydrogens (tertiary/aromatic N) is 2. The fourth-order valence-electron chi connectivity index (χ4n) is 4.32. The maximum atomic E-state index is 13.3. The van der Waals surface area contributed by atoms with E-state index < -0.39 is 113 Å². The molecular formula is C26H20N4O17S4. The maximum absolute atomic E-state index is 13.3. The van der Waals surface area contributed by atoms with Crippen molar-refractivity contribution in [3.05, 3.63) is 97.5 Å². The van der Waals surface area contributed by atoms with Crippen LogP contribution in [0.4, 0.5) is 0 Å². The van der Waals surface area contributed by atoms with E-state index in [1.165, 1.54) is 0 Å². The highest BCUT2D eigenvalue weighted by molar-refractivity contribution is 7.86. The Labute approximate surface area is 287 Å². The van der Waals surface area contributed by atoms with Gasteiger partial charge in [-0.2, -0.15) is 29.5 Å². The van der Waals surface area contributed by atoms with E-state index in [4.69, 9.17) is 8.74 Å². The summed E-state index contributed by atoms with van der Waals surface area (Å²) in [5.41, 5.74) is -3.58. The van der Waals surface area contributed by atoms with Crippen LogP contribution in [0.2, 0.25) is 0 Å². The highest BCUT2D eigenvalue weighted by atomic mass is 32.2. The minimum Gasteiger partial charge on any atom is -0.477 e. The lowest BCUT2D eigenvalue weighted by atomic mass is 10.2. The summed E-state index contributed by atoms with van der Waals surface area (Å²) in [5.74, 6) is -3.03. The molecular weight excluding hydrogens is 769 g/mol. The molecule has 4 aromatic rings. The Kier molecular flexibility index (Phi) is 10.5. The number of aromatic carboxylic acids is 1. The number of H-pyrrole nitrogens is 2. The molecule has 270 valence electrons. The average molecular weight is 789 g/mol. The molecule has 4 rings (SSSR count). The number of benzene rings is 2. The van der Waals surface area contributed by atoms with Crippen LogP contribution in [-0.4, -0.2) is 84.1 Å². The maximum Gasteiger partial charge on any atom is 0.357 e. The number of aromatic amines is 2. The SMILES string of the molecule is CC(=O)c1[nH]n(-c2cc(S(=O)(=O)O)ccc2OS(=O)O)c(=O)c1C=C=CC=Cc1c(C(=O)O)[nH]n(-c2cc(S(=O)(=O)O)ccc2S(=O)(=O)O)c1=O. The first-order chi connectivity index (χ1) is 23.5. The monoisotopic (exact) mass is 788 g/mol. The molecule has 0 bridgehead atoms. The van der Waals surface area contributed by atoms with Gasteiger partial charge in [0.2, 0.25) is 0 Å². The summed E-state index contributed by atoms with van der Waals surface area (Å²) in [5, 5.41) is 14.1. The Morgan fingerprint density at radius 3 is 1.88 bits per heavy atom. The van der Waals surface area contributed by atoms with Crippen molar-refractivity contribution in [1.29, 1.82) is 0 Å². The number of Topliss-reactive ketones (excluding diaryl/α,β-unsaturated/α-hetero) is 1. The van der Waals surface area contributed by atoms with Crippen molar-refractivity contribution in [2.45, 2.75) is 21.6 Å². The van der Waals surface area contributed by atoms with Gasteiger partial charge in [0.1, 0.15) is 16.3 Å². The quantitative estimate of drug-likeness (QED) is 0.0341. The van der Waals surface area contributed by atoms with Gasteiger partial charge in [-0.25, -0.2) is 14.2 Å². The molecule has 0 fully saturated rings. The predicted molar refractivity (Wildman–Crippen MR) is 172 cm³/mol. The van der Waals surface area contributed by atoms with Crippen LogP contribution in [0.15, 0.2) is 78.6 Å². The third-order valence-electron chi connectivity index (χ3n) is 6.48. The summed E-state index contributed by atoms with van der Waals surface area (Å²) < 4.78 is 125. The number of hydrogen-bond acceptors (Lipinski definition) is 12. The fourth-order valence-corrected chi connectivity index (χ4v) is 6.27. The van der Waals surface area contributed by atoms with Gasteiger partial charge in [0, 0.05) is 6.92 Å². The van der Waals surface area contributed by atoms with E-state index in [0.29, 0.717) is 28.9 Å². The molecule has 1 unspecified atom stereocenters. The van der Waals surface area contributed by atoms with Gasteiger partial charge in [0.05, 0.1) is 26.6 Å². The third-order valence-corrected chi connectivity index (χ3v) is 9.40. The highest BCUT2D eigenvalue weighted by Gasteiger charge is 2.26. The summed E-state index contributed by atoms with van der Waals surface area (Å²) in [6, 6.07) is 3.97. The predicted octanol–water partition coefficient (Wildman–Crippen LogP) is 0.683. The molecule has 0 saturated heterocycles. The Morgan fingerprint density at radius 1 is 0.824 bits per heavy atom. The number of ketones is 1. The van der Waals surface area contributed by atoms with E-state index in [2.05, 4.69) is 15.9 Å². The molecule has 2 aromatic carbocycles. The Bertz CT molecular complexity index is 2710. The van der Waals surface area contributed by atoms with Crippen molar-refractivity contribution in [2.24, 2.45) is 0 Å². The average Bonchev–Trinajstić information content (AvgIpc) is 3.51. The number of aromatic nitrogens is 4. The summed E-state index contributed by atoms with van der Waals surface area (Å²) in [7, 11) is -15.0. The van der Waals surface area contributed by atoms with Crippen molar-refractivity contribution in [2.75, 3.05) is 0 Å². The smallest absolute Gasteiger partial charge is 0.357 e. The minimum absolute atomic E-state index is 0.281. The number of carboxylic acid groups (broad SMARTS) is 1. The zero-order chi connectivity index (χ0) is 38.2. The van der Waals surface area contributed by atoms with Crippen LogP contribution in [0, 0.1) is 0 Å². The van der Waals surface area contributed by atoms with Gasteiger partial charge in [-0.15, -0.1) is 5.73 Å². The molecule has 7 N–H and O–H groups in total. The summed E-state index contributed by atoms with van der Waals surface area (Å²) in [6.07, 6.45) is 3.82. The van der Waals surface area contributed by atoms with Crippen LogP contribution in [0.3, 0.4) is 0 Å². The number of carbonyl (C=O) groups is 2. The number of carboxylic acids is 1. The molecule has 0 aliphatic heterocycles. The lowest BCUT2D eigenvalue weighted by Gasteiger charge is -2.09. The summed E-state index contributed by atoms with van der Waals surface area (Å²) in [6.45, 7) is 1.04. The zero-order valence-corrected chi connectivity index (χ0v) is 28.2. The molecule has 0 aliphatic carbocycles. The number of nitrogens with one attached hydrogen (secondary N) is 2. The number of carbonyl (C=O) groups excluding carboxylic acids is 1. The second kappa shape index (κ2) is 14.0. The van der Waals surface area contributed by atoms with Crippen molar-refractivity contribution in [3.8, 4) is 17.1 Å². The van der Waals surface area contributed by atoms with Gasteiger partial charge < -0.3 is 9.29 Å². The highest BCUT2D eigenvalue weighted by Crippen LogP contribution is 2.27. The van der Waals surface area contributed by atoms with Gasteiger partial charge in [0.25, 0.3) is 41.5 Å². The van der Waals surface area contributed by atoms with Crippen molar-refractivity contribution in [3.63, 3.8) is 0 Å². The fraction of sp³-hybridized carbons (Fsp3) is 0.0385. The van der Waals surface area contributed by atoms with E-state index in [-0.39, 0.29) is 10.4 Å². The van der Waals surface area contributed by atoms with Gasteiger partial charge in [-0.05, 0) is 54.6 Å². The molecule has 2 heterocycles. The number of hydrogen-bond donors (Lipinski definition) is 7. The van der Waals surface area contributed by atoms with Crippen LogP contribution in [0.5, 0.6) is 5.75 Å². The molecule has 25 heteroatoms. The zero-order valence-electron chi connectivity index (χ0n) is 24.9. The van der Waals surface area contributed by atoms with Gasteiger partial charge in [-0.1, -0.05) is 6.08 Å². The van der Waals surface area contributed by atoms with Gasteiger partial charge in [-0.3, -0.25) is 42.8 Å². The second-order valence-electron chi connectivity index (χ2n) is 9.76. The first-order valence-electron chi connectivity index (χ1n) is 13.1. The van der Waals surface area contributed by atoms with Crippen LogP contribution >= 0.6 is 0 Å². The largest absolute Gasteiger partial charge is 0.477 e. The van der Waals surface area contributed by atoms with Gasteiger partial charge in [0.15, 0.2) is 17.2 Å². The molecule has 0 saturated carbocycles. The molecule has 0 amide bonds. The van der Waals surface area contributed by atoms with E-state index in [0.717, 1.165) is 43.4 Å². The van der Waals surface area contributed by atoms with Gasteiger partial charge >= 0.3 is 17.3 Å². The van der Waals surface area contributed by atoms with Crippen LogP contribution < -0.4 is 15.3 Å². The molecule has 0 radical (unpaired) electrons. The topological polar surface area (TPSA) is 340 Å². The van der Waals surface area contributed by atoms with Crippen LogP contribution in [0.1, 0.15) is 39.0 Å². The first kappa shape index (κ1) is 38.3. The van der Waals surface area contributed by atoms with Crippen LogP contribution in [0.25, 0.3) is 23.5 Å². The second-order valence-corrected chi connectivity index (χ2v) is 14.6. The number of allylic oxidation sites excluding steroid dienone is 2. The molecule has 2 aromatic heterocycles. The summed E-state index contributed by atoms with van der Waals surface area (Å²) in [4.78, 5) is 48.0. The third kappa shape index (κ3) is 8.28. The van der Waals surface area contributed by atoms with Crippen molar-refractivity contribution in [1.82, 2.24) is 19.6 Å². The van der Waals surface area contributed by atoms with Crippen molar-refractivity contribution >= 4 is 65.6 Å². The van der Waals surface area contributed by atoms with E-state index >= 15 is 0 Å². The van der Waals surface area contributed by atoms with Crippen LogP contribution in [-0.2, 0) is 41.7 Å². The lowest BCUT2D eigenvalue weighted by molar-refractivity contribution is 0.0689. The first-order valence-corrected chi connectivity index (χ1v) is 18.4. The number of rotatable bonds is 12. The lowest BCUT2D eigenvalue weighted by Crippen LogP contribution is -2.19. The van der Waals surface area contributed by atoms with E-state index in [1.54, 1.807) is 0 Å². The normalized spacial score (nSPS) is 12.7. The minimum atomic E-state index is -5.15. The Hall–Kier alpha value is -5.50. The Balaban J connectivity index is 1.83. The molecule has 51 heavy (non-hydrogen) atoms.